The Morgan fingerprint density at radius 3 is 2.61 bits per heavy atom. The third-order valence-corrected chi connectivity index (χ3v) is 5.20. The molecule has 4 rings (SSSR count). The molecule has 1 aromatic heterocycles. The molecule has 0 aliphatic carbocycles. The summed E-state index contributed by atoms with van der Waals surface area (Å²) in [6.07, 6.45) is -2.77. The Morgan fingerprint density at radius 1 is 1.15 bits per heavy atom. The van der Waals surface area contributed by atoms with Crippen LogP contribution in [0.5, 0.6) is 11.5 Å². The number of methoxy groups -OCH3 is 1. The minimum atomic E-state index is -1.17. The standard InChI is InChI=1S/C22H25NO10/c1-12(24)23-18-20(29-11-17(25)26)19-16(10-30-21(33-19)15-8-5-9-28-15)32-22(18)31-14-7-4-3-6-13(14)27-2/h3-9,16,18-22H,10-11H2,1-2H3,(H,23,24)(H,25,26). The van der Waals surface area contributed by atoms with Crippen LogP contribution in [0, 0.1) is 0 Å². The first-order valence-corrected chi connectivity index (χ1v) is 10.3. The van der Waals surface area contributed by atoms with Gasteiger partial charge in [0.05, 0.1) is 20.0 Å². The van der Waals surface area contributed by atoms with Crippen LogP contribution in [0.4, 0.5) is 0 Å². The van der Waals surface area contributed by atoms with Crippen molar-refractivity contribution in [3.05, 3.63) is 48.4 Å². The number of para-hydroxylation sites is 2. The predicted octanol–water partition coefficient (Wildman–Crippen LogP) is 1.48. The van der Waals surface area contributed by atoms with E-state index < -0.39 is 49.5 Å². The first kappa shape index (κ1) is 23.1. The van der Waals surface area contributed by atoms with Crippen LogP contribution in [-0.4, -0.2) is 68.0 Å². The molecular weight excluding hydrogens is 438 g/mol. The van der Waals surface area contributed by atoms with E-state index in [2.05, 4.69) is 5.32 Å². The summed E-state index contributed by atoms with van der Waals surface area (Å²) < 4.78 is 40.4. The number of aliphatic carboxylic acids is 1. The number of benzene rings is 1. The number of hydrogen-bond acceptors (Lipinski definition) is 9. The Labute approximate surface area is 189 Å². The van der Waals surface area contributed by atoms with Gasteiger partial charge in [0.2, 0.25) is 18.5 Å². The second-order valence-corrected chi connectivity index (χ2v) is 7.49. The van der Waals surface area contributed by atoms with Crippen LogP contribution in [0.2, 0.25) is 0 Å². The maximum atomic E-state index is 12.0. The molecule has 2 aliphatic heterocycles. The van der Waals surface area contributed by atoms with E-state index in [4.69, 9.17) is 32.8 Å². The third kappa shape index (κ3) is 5.28. The van der Waals surface area contributed by atoms with E-state index in [1.54, 1.807) is 36.4 Å². The summed E-state index contributed by atoms with van der Waals surface area (Å²) in [4.78, 5) is 23.3. The van der Waals surface area contributed by atoms with Gasteiger partial charge in [0.1, 0.15) is 31.0 Å². The molecule has 6 atom stereocenters. The lowest BCUT2D eigenvalue weighted by molar-refractivity contribution is -0.340. The van der Waals surface area contributed by atoms with Gasteiger partial charge in [-0.15, -0.1) is 0 Å². The summed E-state index contributed by atoms with van der Waals surface area (Å²) in [5, 5.41) is 12.0. The van der Waals surface area contributed by atoms with Crippen molar-refractivity contribution in [1.82, 2.24) is 5.32 Å². The molecule has 11 heteroatoms. The van der Waals surface area contributed by atoms with Crippen LogP contribution in [0.3, 0.4) is 0 Å². The summed E-state index contributed by atoms with van der Waals surface area (Å²) in [6, 6.07) is 9.44. The largest absolute Gasteiger partial charge is 0.493 e. The number of ether oxygens (including phenoxy) is 6. The van der Waals surface area contributed by atoms with Crippen molar-refractivity contribution in [1.29, 1.82) is 0 Å². The van der Waals surface area contributed by atoms with E-state index in [-0.39, 0.29) is 12.5 Å². The maximum absolute atomic E-state index is 12.0. The Balaban J connectivity index is 1.63. The molecule has 2 saturated heterocycles. The van der Waals surface area contributed by atoms with Crippen LogP contribution in [0.1, 0.15) is 19.0 Å². The number of carbonyl (C=O) groups is 2. The lowest BCUT2D eigenvalue weighted by atomic mass is 9.95. The van der Waals surface area contributed by atoms with E-state index in [0.29, 0.717) is 17.3 Å². The highest BCUT2D eigenvalue weighted by Gasteiger charge is 2.52. The Hall–Kier alpha value is -3.12. The molecule has 2 aliphatic rings. The highest BCUT2D eigenvalue weighted by molar-refractivity contribution is 5.73. The molecule has 0 spiro atoms. The summed E-state index contributed by atoms with van der Waals surface area (Å²) in [7, 11) is 1.50. The molecule has 2 fully saturated rings. The Kier molecular flexibility index (Phi) is 7.14. The first-order chi connectivity index (χ1) is 16.0. The second kappa shape index (κ2) is 10.2. The van der Waals surface area contributed by atoms with Gasteiger partial charge in [-0.3, -0.25) is 4.79 Å². The number of carbonyl (C=O) groups excluding carboxylic acids is 1. The van der Waals surface area contributed by atoms with Crippen LogP contribution in [0.25, 0.3) is 0 Å². The van der Waals surface area contributed by atoms with E-state index in [1.807, 2.05) is 0 Å². The minimum Gasteiger partial charge on any atom is -0.493 e. The van der Waals surface area contributed by atoms with Crippen molar-refractivity contribution in [2.75, 3.05) is 20.3 Å². The number of rotatable bonds is 8. The third-order valence-electron chi connectivity index (χ3n) is 5.20. The quantitative estimate of drug-likeness (QED) is 0.593. The van der Waals surface area contributed by atoms with Gasteiger partial charge in [-0.2, -0.15) is 0 Å². The molecule has 178 valence electrons. The molecule has 0 radical (unpaired) electrons. The summed E-state index contributed by atoms with van der Waals surface area (Å²) in [5.41, 5.74) is 0. The summed E-state index contributed by atoms with van der Waals surface area (Å²) in [5.74, 6) is -0.275. The van der Waals surface area contributed by atoms with Crippen molar-refractivity contribution in [2.45, 2.75) is 43.9 Å². The van der Waals surface area contributed by atoms with Gasteiger partial charge in [0.25, 0.3) is 0 Å². The lowest BCUT2D eigenvalue weighted by Crippen LogP contribution is -2.68. The second-order valence-electron chi connectivity index (χ2n) is 7.49. The molecule has 0 saturated carbocycles. The van der Waals surface area contributed by atoms with Crippen molar-refractivity contribution in [3.8, 4) is 11.5 Å². The van der Waals surface area contributed by atoms with Crippen LogP contribution < -0.4 is 14.8 Å². The normalized spacial score (nSPS) is 29.0. The molecule has 2 N–H and O–H groups in total. The number of hydrogen-bond donors (Lipinski definition) is 2. The zero-order chi connectivity index (χ0) is 23.4. The van der Waals surface area contributed by atoms with Gasteiger partial charge in [-0.05, 0) is 24.3 Å². The van der Waals surface area contributed by atoms with E-state index >= 15 is 0 Å². The number of carboxylic acid groups (broad SMARTS) is 1. The maximum Gasteiger partial charge on any atom is 0.329 e. The van der Waals surface area contributed by atoms with Crippen molar-refractivity contribution in [3.63, 3.8) is 0 Å². The molecule has 1 aromatic carbocycles. The number of amides is 1. The zero-order valence-electron chi connectivity index (χ0n) is 18.0. The summed E-state index contributed by atoms with van der Waals surface area (Å²) >= 11 is 0. The Bertz CT molecular complexity index is 948. The number of fused-ring (bicyclic) bond motifs is 1. The topological polar surface area (TPSA) is 135 Å². The van der Waals surface area contributed by atoms with Crippen molar-refractivity contribution in [2.24, 2.45) is 0 Å². The van der Waals surface area contributed by atoms with Gasteiger partial charge in [0.15, 0.2) is 17.3 Å². The molecule has 6 unspecified atom stereocenters. The Morgan fingerprint density at radius 2 is 1.94 bits per heavy atom. The number of furan rings is 1. The lowest BCUT2D eigenvalue weighted by Gasteiger charge is -2.48. The van der Waals surface area contributed by atoms with Gasteiger partial charge in [-0.1, -0.05) is 12.1 Å². The predicted molar refractivity (Wildman–Crippen MR) is 110 cm³/mol. The minimum absolute atomic E-state index is 0.0988. The van der Waals surface area contributed by atoms with Gasteiger partial charge in [0, 0.05) is 6.92 Å². The number of nitrogens with one attached hydrogen (secondary N) is 1. The monoisotopic (exact) mass is 463 g/mol. The zero-order valence-corrected chi connectivity index (χ0v) is 18.0. The molecule has 33 heavy (non-hydrogen) atoms. The van der Waals surface area contributed by atoms with E-state index in [0.717, 1.165) is 0 Å². The first-order valence-electron chi connectivity index (χ1n) is 10.3. The summed E-state index contributed by atoms with van der Waals surface area (Å²) in [6.45, 7) is 0.819. The average Bonchev–Trinajstić information content (AvgIpc) is 3.33. The smallest absolute Gasteiger partial charge is 0.329 e. The van der Waals surface area contributed by atoms with Crippen LogP contribution in [-0.2, 0) is 28.5 Å². The van der Waals surface area contributed by atoms with Gasteiger partial charge >= 0.3 is 5.97 Å². The van der Waals surface area contributed by atoms with Crippen molar-refractivity contribution >= 4 is 11.9 Å². The molecule has 1 amide bonds. The highest BCUT2D eigenvalue weighted by atomic mass is 16.8. The van der Waals surface area contributed by atoms with Crippen LogP contribution >= 0.6 is 0 Å². The van der Waals surface area contributed by atoms with E-state index in [1.165, 1.54) is 20.3 Å². The molecule has 11 nitrogen and oxygen atoms in total. The molecular formula is C22H25NO10. The van der Waals surface area contributed by atoms with Gasteiger partial charge < -0.3 is 43.3 Å². The fourth-order valence-electron chi connectivity index (χ4n) is 3.84. The molecule has 3 heterocycles. The molecule has 0 bridgehead atoms. The highest BCUT2D eigenvalue weighted by Crippen LogP contribution is 2.37. The fraction of sp³-hybridized carbons (Fsp3) is 0.455. The van der Waals surface area contributed by atoms with Crippen molar-refractivity contribution < 1.29 is 47.5 Å². The SMILES string of the molecule is COc1ccccc1OC1OC2COC(c3ccco3)OC2C(OCC(=O)O)C1NC(C)=O. The average molecular weight is 463 g/mol. The molecule has 2 aromatic rings. The van der Waals surface area contributed by atoms with E-state index in [9.17, 15) is 14.7 Å². The fourth-order valence-corrected chi connectivity index (χ4v) is 3.84. The van der Waals surface area contributed by atoms with Gasteiger partial charge in [-0.25, -0.2) is 4.79 Å². The van der Waals surface area contributed by atoms with Crippen LogP contribution in [0.15, 0.2) is 47.1 Å². The number of carboxylic acids is 1.